The average Bonchev–Trinajstić information content (AvgIpc) is 3.00. The molecule has 2 amide bonds. The number of nitrogens with two attached hydrogens (primary N) is 1. The zero-order valence-electron chi connectivity index (χ0n) is 13.6. The predicted octanol–water partition coefficient (Wildman–Crippen LogP) is 2.33. The van der Waals surface area contributed by atoms with E-state index in [1.807, 2.05) is 0 Å². The Morgan fingerprint density at radius 1 is 1.31 bits per heavy atom. The Bertz CT molecular complexity index is 1020. The summed E-state index contributed by atoms with van der Waals surface area (Å²) in [7, 11) is 0. The summed E-state index contributed by atoms with van der Waals surface area (Å²) in [6, 6.07) is 10.0. The number of hydrogen-bond acceptors (Lipinski definition) is 5. The third kappa shape index (κ3) is 2.88. The van der Waals surface area contributed by atoms with Gasteiger partial charge in [-0.25, -0.2) is 9.37 Å². The number of benzene rings is 2. The second kappa shape index (κ2) is 6.38. The summed E-state index contributed by atoms with van der Waals surface area (Å²) in [6.45, 7) is 0.686. The molecule has 2 aromatic carbocycles. The number of nitrogens with zero attached hydrogens (tertiary/aromatic N) is 2. The van der Waals surface area contributed by atoms with E-state index in [0.717, 1.165) is 4.70 Å². The highest BCUT2D eigenvalue weighted by Crippen LogP contribution is 2.28. The van der Waals surface area contributed by atoms with Crippen molar-refractivity contribution in [3.05, 3.63) is 59.4 Å². The maximum absolute atomic E-state index is 13.6. The topological polar surface area (TPSA) is 88.3 Å². The van der Waals surface area contributed by atoms with E-state index in [1.54, 1.807) is 24.3 Å². The van der Waals surface area contributed by atoms with Gasteiger partial charge in [0.25, 0.3) is 5.91 Å². The maximum atomic E-state index is 13.6. The molecule has 3 aromatic rings. The van der Waals surface area contributed by atoms with Crippen molar-refractivity contribution in [2.24, 2.45) is 0 Å². The molecule has 0 spiro atoms. The normalized spacial score (nSPS) is 17.3. The van der Waals surface area contributed by atoms with Crippen LogP contribution in [0.2, 0.25) is 0 Å². The van der Waals surface area contributed by atoms with Gasteiger partial charge in [0, 0.05) is 18.7 Å². The second-order valence-electron chi connectivity index (χ2n) is 5.98. The van der Waals surface area contributed by atoms with Gasteiger partial charge in [0.05, 0.1) is 10.2 Å². The van der Waals surface area contributed by atoms with Crippen LogP contribution in [0.4, 0.5) is 9.52 Å². The van der Waals surface area contributed by atoms with Crippen molar-refractivity contribution in [1.29, 1.82) is 0 Å². The van der Waals surface area contributed by atoms with Gasteiger partial charge in [-0.3, -0.25) is 9.59 Å². The van der Waals surface area contributed by atoms with Crippen LogP contribution in [0.1, 0.15) is 22.0 Å². The molecule has 1 aliphatic rings. The molecule has 1 fully saturated rings. The van der Waals surface area contributed by atoms with Crippen molar-refractivity contribution in [3.63, 3.8) is 0 Å². The Morgan fingerprint density at radius 3 is 2.96 bits per heavy atom. The van der Waals surface area contributed by atoms with Crippen LogP contribution in [0, 0.1) is 5.82 Å². The fraction of sp³-hybridized carbons (Fsp3) is 0.167. The number of hydrogen-bond donors (Lipinski definition) is 2. The molecule has 1 aromatic heterocycles. The number of carbonyl (C=O) groups excluding carboxylic acids is 2. The number of anilines is 1. The zero-order valence-corrected chi connectivity index (χ0v) is 14.4. The summed E-state index contributed by atoms with van der Waals surface area (Å²) in [5, 5.41) is 3.17. The molecule has 2 heterocycles. The van der Waals surface area contributed by atoms with Gasteiger partial charge in [-0.2, -0.15) is 0 Å². The Labute approximate surface area is 152 Å². The van der Waals surface area contributed by atoms with Crippen molar-refractivity contribution in [2.75, 3.05) is 18.8 Å². The van der Waals surface area contributed by atoms with E-state index in [1.165, 1.54) is 34.4 Å². The third-order valence-corrected chi connectivity index (χ3v) is 5.15. The molecule has 1 unspecified atom stereocenters. The molecule has 0 radical (unpaired) electrons. The van der Waals surface area contributed by atoms with Gasteiger partial charge in [0.2, 0.25) is 5.91 Å². The van der Waals surface area contributed by atoms with Crippen LogP contribution in [0.5, 0.6) is 0 Å². The van der Waals surface area contributed by atoms with E-state index < -0.39 is 11.9 Å². The molecule has 0 bridgehead atoms. The van der Waals surface area contributed by atoms with Gasteiger partial charge < -0.3 is 16.0 Å². The van der Waals surface area contributed by atoms with Gasteiger partial charge in [-0.15, -0.1) is 0 Å². The smallest absolute Gasteiger partial charge is 0.254 e. The number of aromatic nitrogens is 1. The van der Waals surface area contributed by atoms with Crippen molar-refractivity contribution >= 4 is 38.5 Å². The Hall–Kier alpha value is -3.00. The molecule has 3 N–H and O–H groups in total. The Morgan fingerprint density at radius 2 is 2.15 bits per heavy atom. The first-order chi connectivity index (χ1) is 12.5. The van der Waals surface area contributed by atoms with Crippen LogP contribution in [-0.4, -0.2) is 34.8 Å². The molecular weight excluding hydrogens is 355 g/mol. The molecule has 1 atom stereocenters. The highest BCUT2D eigenvalue weighted by molar-refractivity contribution is 7.22. The molecule has 1 saturated heterocycles. The average molecular weight is 370 g/mol. The largest absolute Gasteiger partial charge is 0.375 e. The van der Waals surface area contributed by atoms with E-state index in [4.69, 9.17) is 5.73 Å². The minimum Gasteiger partial charge on any atom is -0.375 e. The lowest BCUT2D eigenvalue weighted by Crippen LogP contribution is -2.52. The van der Waals surface area contributed by atoms with E-state index >= 15 is 0 Å². The SMILES string of the molecule is Nc1nc2cc(C(=O)N3CCNC(=O)C3c3cccc(F)c3)ccc2s1. The first-order valence-electron chi connectivity index (χ1n) is 8.03. The van der Waals surface area contributed by atoms with Crippen LogP contribution in [0.3, 0.4) is 0 Å². The summed E-state index contributed by atoms with van der Waals surface area (Å²) in [5.41, 5.74) is 7.21. The summed E-state index contributed by atoms with van der Waals surface area (Å²) >= 11 is 1.34. The lowest BCUT2D eigenvalue weighted by Gasteiger charge is -2.35. The second-order valence-corrected chi connectivity index (χ2v) is 7.04. The minimum atomic E-state index is -0.872. The lowest BCUT2D eigenvalue weighted by molar-refractivity contribution is -0.128. The van der Waals surface area contributed by atoms with Crippen molar-refractivity contribution < 1.29 is 14.0 Å². The van der Waals surface area contributed by atoms with Crippen molar-refractivity contribution in [1.82, 2.24) is 15.2 Å². The molecule has 0 aliphatic carbocycles. The van der Waals surface area contributed by atoms with E-state index in [0.29, 0.717) is 34.9 Å². The first-order valence-corrected chi connectivity index (χ1v) is 8.85. The summed E-state index contributed by atoms with van der Waals surface area (Å²) in [6.07, 6.45) is 0. The number of thiazole rings is 1. The number of carbonyl (C=O) groups is 2. The molecule has 6 nitrogen and oxygen atoms in total. The summed E-state index contributed by atoms with van der Waals surface area (Å²) in [4.78, 5) is 31.1. The molecule has 132 valence electrons. The Kier molecular flexibility index (Phi) is 4.04. The van der Waals surface area contributed by atoms with Crippen LogP contribution in [0.15, 0.2) is 42.5 Å². The highest BCUT2D eigenvalue weighted by Gasteiger charge is 2.35. The number of nitrogen functional groups attached to an aromatic ring is 1. The third-order valence-electron chi connectivity index (χ3n) is 4.29. The minimum absolute atomic E-state index is 0.303. The van der Waals surface area contributed by atoms with E-state index in [2.05, 4.69) is 10.3 Å². The van der Waals surface area contributed by atoms with Crippen LogP contribution in [0.25, 0.3) is 10.2 Å². The van der Waals surface area contributed by atoms with E-state index in [-0.39, 0.29) is 11.8 Å². The van der Waals surface area contributed by atoms with Crippen molar-refractivity contribution in [2.45, 2.75) is 6.04 Å². The number of piperazine rings is 1. The highest BCUT2D eigenvalue weighted by atomic mass is 32.1. The molecule has 8 heteroatoms. The number of nitrogens with one attached hydrogen (secondary N) is 1. The molecule has 0 saturated carbocycles. The standard InChI is InChI=1S/C18H15FN4O2S/c19-12-3-1-2-10(8-12)15-16(24)21-6-7-23(15)17(25)11-4-5-14-13(9-11)22-18(20)26-14/h1-5,8-9,15H,6-7H2,(H2,20,22)(H,21,24). The number of rotatable bonds is 2. The molecule has 26 heavy (non-hydrogen) atoms. The van der Waals surface area contributed by atoms with Crippen LogP contribution >= 0.6 is 11.3 Å². The van der Waals surface area contributed by atoms with Crippen LogP contribution < -0.4 is 11.1 Å². The fourth-order valence-corrected chi connectivity index (χ4v) is 3.85. The Balaban J connectivity index is 1.72. The lowest BCUT2D eigenvalue weighted by atomic mass is 10.0. The maximum Gasteiger partial charge on any atom is 0.254 e. The van der Waals surface area contributed by atoms with Crippen molar-refractivity contribution in [3.8, 4) is 0 Å². The van der Waals surface area contributed by atoms with Gasteiger partial charge >= 0.3 is 0 Å². The van der Waals surface area contributed by atoms with Gasteiger partial charge in [0.15, 0.2) is 5.13 Å². The fourth-order valence-electron chi connectivity index (χ4n) is 3.14. The van der Waals surface area contributed by atoms with Gasteiger partial charge in [0.1, 0.15) is 11.9 Å². The zero-order chi connectivity index (χ0) is 18.3. The van der Waals surface area contributed by atoms with Crippen LogP contribution in [-0.2, 0) is 4.79 Å². The number of halogens is 1. The molecule has 1 aliphatic heterocycles. The monoisotopic (exact) mass is 370 g/mol. The van der Waals surface area contributed by atoms with Gasteiger partial charge in [-0.05, 0) is 35.9 Å². The molecule has 4 rings (SSSR count). The summed E-state index contributed by atoms with van der Waals surface area (Å²) < 4.78 is 14.5. The number of amides is 2. The first kappa shape index (κ1) is 16.5. The van der Waals surface area contributed by atoms with Gasteiger partial charge in [-0.1, -0.05) is 23.5 Å². The number of fused-ring (bicyclic) bond motifs is 1. The quantitative estimate of drug-likeness (QED) is 0.725. The summed E-state index contributed by atoms with van der Waals surface area (Å²) in [5.74, 6) is -1.08. The predicted molar refractivity (Wildman–Crippen MR) is 97.2 cm³/mol. The molecular formula is C18H15FN4O2S. The van der Waals surface area contributed by atoms with E-state index in [9.17, 15) is 14.0 Å².